The third-order valence-corrected chi connectivity index (χ3v) is 5.63. The average molecular weight is 334 g/mol. The van der Waals surface area contributed by atoms with Crippen molar-refractivity contribution in [2.75, 3.05) is 20.2 Å². The predicted octanol–water partition coefficient (Wildman–Crippen LogP) is 3.67. The third kappa shape index (κ3) is 4.16. The predicted molar refractivity (Wildman–Crippen MR) is 91.1 cm³/mol. The van der Waals surface area contributed by atoms with Crippen LogP contribution in [0.15, 0.2) is 29.8 Å². The minimum absolute atomic E-state index is 0.174. The first-order chi connectivity index (χ1) is 11.2. The molecule has 124 valence electrons. The van der Waals surface area contributed by atoms with Crippen LogP contribution in [0.25, 0.3) is 0 Å². The van der Waals surface area contributed by atoms with Gasteiger partial charge in [0, 0.05) is 25.1 Å². The number of methoxy groups -OCH3 is 1. The van der Waals surface area contributed by atoms with Gasteiger partial charge >= 0.3 is 0 Å². The average Bonchev–Trinajstić information content (AvgIpc) is 2.96. The van der Waals surface area contributed by atoms with E-state index in [0.29, 0.717) is 5.92 Å². The van der Waals surface area contributed by atoms with Gasteiger partial charge < -0.3 is 4.74 Å². The van der Waals surface area contributed by atoms with Gasteiger partial charge in [-0.2, -0.15) is 0 Å². The summed E-state index contributed by atoms with van der Waals surface area (Å²) in [6, 6.07) is 6.85. The first-order valence-electron chi connectivity index (χ1n) is 8.04. The molecule has 2 heterocycles. The van der Waals surface area contributed by atoms with E-state index in [1.54, 1.807) is 30.6 Å². The molecular formula is C18H23FN2OS. The van der Waals surface area contributed by atoms with Crippen LogP contribution < -0.4 is 0 Å². The molecule has 0 radical (unpaired) electrons. The smallest absolute Gasteiger partial charge is 0.123 e. The Hall–Kier alpha value is -1.30. The van der Waals surface area contributed by atoms with Crippen LogP contribution in [-0.4, -0.2) is 36.2 Å². The normalized spacial score (nSPS) is 22.4. The Balaban J connectivity index is 1.60. The van der Waals surface area contributed by atoms with E-state index in [1.165, 1.54) is 10.4 Å². The Morgan fingerprint density at radius 3 is 2.78 bits per heavy atom. The third-order valence-electron chi connectivity index (χ3n) is 4.71. The number of thiazole rings is 1. The molecule has 1 saturated heterocycles. The van der Waals surface area contributed by atoms with Crippen molar-refractivity contribution in [3.8, 4) is 0 Å². The van der Waals surface area contributed by atoms with Gasteiger partial charge in [-0.25, -0.2) is 9.37 Å². The minimum atomic E-state index is -0.174. The molecule has 0 N–H and O–H groups in total. The van der Waals surface area contributed by atoms with Crippen molar-refractivity contribution in [2.45, 2.75) is 32.4 Å². The molecule has 5 heteroatoms. The maximum Gasteiger partial charge on any atom is 0.123 e. The molecule has 3 rings (SSSR count). The number of piperidine rings is 1. The van der Waals surface area contributed by atoms with Crippen molar-refractivity contribution in [3.63, 3.8) is 0 Å². The van der Waals surface area contributed by atoms with E-state index >= 15 is 0 Å². The van der Waals surface area contributed by atoms with Crippen molar-refractivity contribution in [1.82, 2.24) is 9.88 Å². The molecule has 1 fully saturated rings. The van der Waals surface area contributed by atoms with Crippen LogP contribution in [-0.2, 0) is 17.7 Å². The molecule has 23 heavy (non-hydrogen) atoms. The number of ether oxygens (including phenoxy) is 1. The summed E-state index contributed by atoms with van der Waals surface area (Å²) in [6.07, 6.45) is 2.28. The number of halogens is 1. The summed E-state index contributed by atoms with van der Waals surface area (Å²) in [7, 11) is 1.80. The molecule has 3 nitrogen and oxygen atoms in total. The Morgan fingerprint density at radius 1 is 1.35 bits per heavy atom. The van der Waals surface area contributed by atoms with E-state index in [4.69, 9.17) is 4.74 Å². The molecule has 0 aliphatic carbocycles. The fourth-order valence-electron chi connectivity index (χ4n) is 3.28. The van der Waals surface area contributed by atoms with Gasteiger partial charge in [-0.15, -0.1) is 11.3 Å². The summed E-state index contributed by atoms with van der Waals surface area (Å²) in [4.78, 5) is 8.13. The van der Waals surface area contributed by atoms with Crippen LogP contribution >= 0.6 is 11.3 Å². The van der Waals surface area contributed by atoms with Crippen molar-refractivity contribution in [2.24, 2.45) is 5.92 Å². The number of aromatic nitrogens is 1. The van der Waals surface area contributed by atoms with Gasteiger partial charge in [0.05, 0.1) is 17.3 Å². The van der Waals surface area contributed by atoms with E-state index in [2.05, 4.69) is 16.8 Å². The highest BCUT2D eigenvalue weighted by atomic mass is 32.1. The fraction of sp³-hybridized carbons (Fsp3) is 0.500. The number of benzene rings is 1. The van der Waals surface area contributed by atoms with Gasteiger partial charge in [0.25, 0.3) is 0 Å². The standard InChI is InChI=1S/C18H23FN2OS/c1-13-18(23-12-20-13)11-21-8-7-15(17(10-21)22-2)9-14-3-5-16(19)6-4-14/h3-6,12,15,17H,7-11H2,1-2H3/t15-,17-/m1/s1. The van der Waals surface area contributed by atoms with Crippen LogP contribution in [0.1, 0.15) is 22.6 Å². The summed E-state index contributed by atoms with van der Waals surface area (Å²) in [6.45, 7) is 5.04. The quantitative estimate of drug-likeness (QED) is 0.834. The first-order valence-corrected chi connectivity index (χ1v) is 8.92. The molecule has 1 aromatic heterocycles. The lowest BCUT2D eigenvalue weighted by atomic mass is 9.87. The summed E-state index contributed by atoms with van der Waals surface area (Å²) in [5.74, 6) is 0.316. The highest BCUT2D eigenvalue weighted by Crippen LogP contribution is 2.26. The molecule has 0 amide bonds. The number of rotatable bonds is 5. The molecule has 0 spiro atoms. The zero-order valence-electron chi connectivity index (χ0n) is 13.7. The monoisotopic (exact) mass is 334 g/mol. The van der Waals surface area contributed by atoms with Crippen LogP contribution in [0.4, 0.5) is 4.39 Å². The lowest BCUT2D eigenvalue weighted by Gasteiger charge is -2.37. The first kappa shape index (κ1) is 16.6. The Morgan fingerprint density at radius 2 is 2.13 bits per heavy atom. The summed E-state index contributed by atoms with van der Waals surface area (Å²) < 4.78 is 18.8. The van der Waals surface area contributed by atoms with Crippen LogP contribution in [0.5, 0.6) is 0 Å². The zero-order valence-corrected chi connectivity index (χ0v) is 14.5. The number of hydrogen-bond acceptors (Lipinski definition) is 4. The van der Waals surface area contributed by atoms with E-state index in [9.17, 15) is 4.39 Å². The Labute approximate surface area is 141 Å². The number of hydrogen-bond donors (Lipinski definition) is 0. The topological polar surface area (TPSA) is 25.4 Å². The molecule has 2 aromatic rings. The van der Waals surface area contributed by atoms with Gasteiger partial charge in [0.15, 0.2) is 0 Å². The van der Waals surface area contributed by atoms with Crippen LogP contribution in [0.2, 0.25) is 0 Å². The number of likely N-dealkylation sites (tertiary alicyclic amines) is 1. The van der Waals surface area contributed by atoms with Crippen molar-refractivity contribution >= 4 is 11.3 Å². The molecule has 2 atom stereocenters. The van der Waals surface area contributed by atoms with Crippen molar-refractivity contribution in [1.29, 1.82) is 0 Å². The fourth-order valence-corrected chi connectivity index (χ4v) is 4.10. The van der Waals surface area contributed by atoms with E-state index in [1.807, 2.05) is 17.6 Å². The van der Waals surface area contributed by atoms with Gasteiger partial charge in [0.2, 0.25) is 0 Å². The molecular weight excluding hydrogens is 311 g/mol. The van der Waals surface area contributed by atoms with Gasteiger partial charge in [-0.05, 0) is 49.9 Å². The highest BCUT2D eigenvalue weighted by molar-refractivity contribution is 7.09. The van der Waals surface area contributed by atoms with Crippen molar-refractivity contribution < 1.29 is 9.13 Å². The molecule has 1 aliphatic rings. The van der Waals surface area contributed by atoms with Gasteiger partial charge in [-0.1, -0.05) is 12.1 Å². The van der Waals surface area contributed by atoms with E-state index in [0.717, 1.165) is 38.2 Å². The molecule has 0 bridgehead atoms. The summed E-state index contributed by atoms with van der Waals surface area (Å²) in [5.41, 5.74) is 4.24. The second kappa shape index (κ2) is 7.51. The summed E-state index contributed by atoms with van der Waals surface area (Å²) in [5, 5.41) is 0. The summed E-state index contributed by atoms with van der Waals surface area (Å²) >= 11 is 1.73. The highest BCUT2D eigenvalue weighted by Gasteiger charge is 2.29. The van der Waals surface area contributed by atoms with E-state index < -0.39 is 0 Å². The minimum Gasteiger partial charge on any atom is -0.380 e. The maximum atomic E-state index is 13.0. The SMILES string of the molecule is CO[C@@H]1CN(Cc2scnc2C)CC[C@@H]1Cc1ccc(F)cc1. The van der Waals surface area contributed by atoms with Gasteiger partial charge in [0.1, 0.15) is 5.82 Å². The number of nitrogens with zero attached hydrogens (tertiary/aromatic N) is 2. The van der Waals surface area contributed by atoms with Crippen molar-refractivity contribution in [3.05, 3.63) is 51.7 Å². The van der Waals surface area contributed by atoms with E-state index in [-0.39, 0.29) is 11.9 Å². The van der Waals surface area contributed by atoms with Crippen LogP contribution in [0, 0.1) is 18.7 Å². The molecule has 1 aliphatic heterocycles. The lowest BCUT2D eigenvalue weighted by Crippen LogP contribution is -2.45. The molecule has 0 unspecified atom stereocenters. The van der Waals surface area contributed by atoms with Crippen LogP contribution in [0.3, 0.4) is 0 Å². The largest absolute Gasteiger partial charge is 0.380 e. The lowest BCUT2D eigenvalue weighted by molar-refractivity contribution is -0.0133. The second-order valence-electron chi connectivity index (χ2n) is 6.25. The number of aryl methyl sites for hydroxylation is 1. The molecule has 0 saturated carbocycles. The zero-order chi connectivity index (χ0) is 16.2. The second-order valence-corrected chi connectivity index (χ2v) is 7.19. The maximum absolute atomic E-state index is 13.0. The molecule has 1 aromatic carbocycles. The Kier molecular flexibility index (Phi) is 5.41. The van der Waals surface area contributed by atoms with Gasteiger partial charge in [-0.3, -0.25) is 4.90 Å². The Bertz CT molecular complexity index is 628.